The summed E-state index contributed by atoms with van der Waals surface area (Å²) in [7, 11) is 0. The molecule has 5 nitrogen and oxygen atoms in total. The van der Waals surface area contributed by atoms with E-state index in [9.17, 15) is 4.79 Å². The van der Waals surface area contributed by atoms with Crippen LogP contribution >= 0.6 is 0 Å². The van der Waals surface area contributed by atoms with Crippen molar-refractivity contribution in [2.75, 3.05) is 6.61 Å². The Hall–Kier alpha value is -4.12. The molecule has 2 N–H and O–H groups in total. The van der Waals surface area contributed by atoms with Gasteiger partial charge in [0.25, 0.3) is 5.91 Å². The molecule has 5 heteroatoms. The van der Waals surface area contributed by atoms with Crippen LogP contribution in [-0.2, 0) is 4.79 Å². The molecular weight excluding hydrogens is 398 g/mol. The SMILES string of the molecule is Cc1ccc2nc(C(NC(=O)COc3ccc4ccccc4c3)c3ccccc3)[nH]c2c1. The zero-order chi connectivity index (χ0) is 21.9. The summed E-state index contributed by atoms with van der Waals surface area (Å²) in [6, 6.07) is 29.3. The monoisotopic (exact) mass is 421 g/mol. The number of nitrogens with zero attached hydrogens (tertiary/aromatic N) is 1. The highest BCUT2D eigenvalue weighted by Gasteiger charge is 2.20. The van der Waals surface area contributed by atoms with Crippen molar-refractivity contribution in [3.63, 3.8) is 0 Å². The van der Waals surface area contributed by atoms with Crippen molar-refractivity contribution < 1.29 is 9.53 Å². The lowest BCUT2D eigenvalue weighted by Gasteiger charge is -2.17. The molecule has 1 unspecified atom stereocenters. The fraction of sp³-hybridized carbons (Fsp3) is 0.111. The van der Waals surface area contributed by atoms with Crippen LogP contribution in [0.4, 0.5) is 0 Å². The summed E-state index contributed by atoms with van der Waals surface area (Å²) in [5.41, 5.74) is 3.91. The number of H-pyrrole nitrogens is 1. The third-order valence-corrected chi connectivity index (χ3v) is 5.46. The number of imidazole rings is 1. The number of aryl methyl sites for hydroxylation is 1. The Kier molecular flexibility index (Phi) is 5.30. The molecule has 0 radical (unpaired) electrons. The number of benzene rings is 4. The number of hydrogen-bond acceptors (Lipinski definition) is 3. The summed E-state index contributed by atoms with van der Waals surface area (Å²) in [6.07, 6.45) is 0. The first-order valence-corrected chi connectivity index (χ1v) is 10.6. The molecule has 0 saturated heterocycles. The maximum atomic E-state index is 12.8. The number of aromatic amines is 1. The summed E-state index contributed by atoms with van der Waals surface area (Å²) >= 11 is 0. The minimum Gasteiger partial charge on any atom is -0.484 e. The molecule has 0 bridgehead atoms. The van der Waals surface area contributed by atoms with Crippen LogP contribution in [0.15, 0.2) is 91.0 Å². The number of fused-ring (bicyclic) bond motifs is 2. The zero-order valence-corrected chi connectivity index (χ0v) is 17.7. The molecule has 0 aliphatic heterocycles. The van der Waals surface area contributed by atoms with Gasteiger partial charge >= 0.3 is 0 Å². The Morgan fingerprint density at radius 1 is 0.938 bits per heavy atom. The van der Waals surface area contributed by atoms with Crippen LogP contribution in [0, 0.1) is 6.92 Å². The molecule has 0 fully saturated rings. The molecule has 158 valence electrons. The van der Waals surface area contributed by atoms with Gasteiger partial charge in [-0.25, -0.2) is 4.98 Å². The molecule has 1 aromatic heterocycles. The van der Waals surface area contributed by atoms with Crippen molar-refractivity contribution in [1.29, 1.82) is 0 Å². The first-order chi connectivity index (χ1) is 15.7. The smallest absolute Gasteiger partial charge is 0.258 e. The standard InChI is InChI=1S/C27H23N3O2/c1-18-11-14-23-24(15-18)29-27(28-23)26(20-8-3-2-4-9-20)30-25(31)17-32-22-13-12-19-7-5-6-10-21(19)16-22/h2-16,26H,17H2,1H3,(H,28,29)(H,30,31). The van der Waals surface area contributed by atoms with Gasteiger partial charge in [-0.3, -0.25) is 4.79 Å². The van der Waals surface area contributed by atoms with Gasteiger partial charge in [-0.1, -0.05) is 66.7 Å². The van der Waals surface area contributed by atoms with Gasteiger partial charge in [0.05, 0.1) is 11.0 Å². The normalized spacial score (nSPS) is 12.0. The van der Waals surface area contributed by atoms with Crippen LogP contribution in [0.5, 0.6) is 5.75 Å². The summed E-state index contributed by atoms with van der Waals surface area (Å²) in [4.78, 5) is 20.9. The van der Waals surface area contributed by atoms with Crippen LogP contribution in [0.3, 0.4) is 0 Å². The van der Waals surface area contributed by atoms with Gasteiger partial charge in [0, 0.05) is 0 Å². The second-order valence-corrected chi connectivity index (χ2v) is 7.85. The second kappa shape index (κ2) is 8.55. The Morgan fingerprint density at radius 3 is 2.56 bits per heavy atom. The maximum absolute atomic E-state index is 12.8. The van der Waals surface area contributed by atoms with E-state index in [1.807, 2.05) is 91.9 Å². The number of aromatic nitrogens is 2. The first-order valence-electron chi connectivity index (χ1n) is 10.6. The van der Waals surface area contributed by atoms with Crippen LogP contribution in [0.2, 0.25) is 0 Å². The van der Waals surface area contributed by atoms with Gasteiger partial charge in [0.2, 0.25) is 0 Å². The molecule has 0 aliphatic rings. The summed E-state index contributed by atoms with van der Waals surface area (Å²) in [5.74, 6) is 1.13. The van der Waals surface area contributed by atoms with Gasteiger partial charge in [-0.15, -0.1) is 0 Å². The molecule has 1 amide bonds. The Balaban J connectivity index is 1.36. The largest absolute Gasteiger partial charge is 0.484 e. The predicted molar refractivity (Wildman–Crippen MR) is 127 cm³/mol. The number of amides is 1. The molecular formula is C27H23N3O2. The van der Waals surface area contributed by atoms with Crippen molar-refractivity contribution in [3.8, 4) is 5.75 Å². The third kappa shape index (κ3) is 4.18. The average Bonchev–Trinajstić information content (AvgIpc) is 3.24. The highest BCUT2D eigenvalue weighted by atomic mass is 16.5. The number of nitrogens with one attached hydrogen (secondary N) is 2. The number of rotatable bonds is 6. The molecule has 0 spiro atoms. The van der Waals surface area contributed by atoms with Gasteiger partial charge in [0.15, 0.2) is 6.61 Å². The highest BCUT2D eigenvalue weighted by Crippen LogP contribution is 2.24. The van der Waals surface area contributed by atoms with Gasteiger partial charge < -0.3 is 15.0 Å². The second-order valence-electron chi connectivity index (χ2n) is 7.85. The number of carbonyl (C=O) groups is 1. The summed E-state index contributed by atoms with van der Waals surface area (Å²) in [6.45, 7) is 1.96. The maximum Gasteiger partial charge on any atom is 0.258 e. The number of carbonyl (C=O) groups excluding carboxylic acids is 1. The fourth-order valence-electron chi connectivity index (χ4n) is 3.84. The van der Waals surface area contributed by atoms with E-state index in [4.69, 9.17) is 9.72 Å². The van der Waals surface area contributed by atoms with Crippen molar-refractivity contribution in [2.24, 2.45) is 0 Å². The van der Waals surface area contributed by atoms with E-state index in [1.54, 1.807) is 0 Å². The van der Waals surface area contributed by atoms with Crippen molar-refractivity contribution in [3.05, 3.63) is 108 Å². The molecule has 1 heterocycles. The van der Waals surface area contributed by atoms with E-state index in [2.05, 4.69) is 16.4 Å². The lowest BCUT2D eigenvalue weighted by atomic mass is 10.1. The Labute approximate surface area is 186 Å². The molecule has 0 saturated carbocycles. The Bertz CT molecular complexity index is 1390. The number of ether oxygens (including phenoxy) is 1. The van der Waals surface area contributed by atoms with Crippen molar-refractivity contribution >= 4 is 27.7 Å². The van der Waals surface area contributed by atoms with E-state index in [0.29, 0.717) is 11.6 Å². The molecule has 32 heavy (non-hydrogen) atoms. The van der Waals surface area contributed by atoms with Crippen LogP contribution < -0.4 is 10.1 Å². The van der Waals surface area contributed by atoms with E-state index in [0.717, 1.165) is 32.9 Å². The van der Waals surface area contributed by atoms with Crippen LogP contribution in [0.25, 0.3) is 21.8 Å². The van der Waals surface area contributed by atoms with Crippen LogP contribution in [0.1, 0.15) is 23.0 Å². The first kappa shape index (κ1) is 19.8. The lowest BCUT2D eigenvalue weighted by Crippen LogP contribution is -2.33. The molecule has 0 aliphatic carbocycles. The topological polar surface area (TPSA) is 67.0 Å². The van der Waals surface area contributed by atoms with Gasteiger partial charge in [-0.05, 0) is 53.1 Å². The molecule has 1 atom stereocenters. The van der Waals surface area contributed by atoms with Gasteiger partial charge in [-0.2, -0.15) is 0 Å². The average molecular weight is 422 g/mol. The summed E-state index contributed by atoms with van der Waals surface area (Å²) < 4.78 is 5.78. The summed E-state index contributed by atoms with van der Waals surface area (Å²) in [5, 5.41) is 5.28. The molecule has 4 aromatic carbocycles. The zero-order valence-electron chi connectivity index (χ0n) is 17.7. The Morgan fingerprint density at radius 2 is 1.72 bits per heavy atom. The van der Waals surface area contributed by atoms with Crippen molar-refractivity contribution in [2.45, 2.75) is 13.0 Å². The van der Waals surface area contributed by atoms with E-state index < -0.39 is 6.04 Å². The minimum atomic E-state index is -0.406. The van der Waals surface area contributed by atoms with E-state index in [-0.39, 0.29) is 12.5 Å². The third-order valence-electron chi connectivity index (χ3n) is 5.46. The van der Waals surface area contributed by atoms with E-state index >= 15 is 0 Å². The van der Waals surface area contributed by atoms with Gasteiger partial charge in [0.1, 0.15) is 17.6 Å². The van der Waals surface area contributed by atoms with E-state index in [1.165, 1.54) is 0 Å². The predicted octanol–water partition coefficient (Wildman–Crippen LogP) is 5.31. The number of hydrogen-bond donors (Lipinski definition) is 2. The van der Waals surface area contributed by atoms with Crippen molar-refractivity contribution in [1.82, 2.24) is 15.3 Å². The fourth-order valence-corrected chi connectivity index (χ4v) is 3.84. The molecule has 5 aromatic rings. The van der Waals surface area contributed by atoms with Crippen LogP contribution in [-0.4, -0.2) is 22.5 Å². The quantitative estimate of drug-likeness (QED) is 0.390. The highest BCUT2D eigenvalue weighted by molar-refractivity contribution is 5.84. The molecule has 5 rings (SSSR count). The lowest BCUT2D eigenvalue weighted by molar-refractivity contribution is -0.123. The minimum absolute atomic E-state index is 0.0823.